The molecular formula is C13H29NO2. The maximum Gasteiger partial charge on any atom is 0.0467 e. The molecule has 2 N–H and O–H groups in total. The third-order valence-corrected chi connectivity index (χ3v) is 2.85. The van der Waals surface area contributed by atoms with Crippen molar-refractivity contribution in [3.05, 3.63) is 0 Å². The molecule has 0 saturated heterocycles. The van der Waals surface area contributed by atoms with Crippen LogP contribution in [0.2, 0.25) is 0 Å². The molecule has 0 unspecified atom stereocenters. The molecule has 0 aromatic heterocycles. The number of nitrogens with one attached hydrogen (secondary N) is 1. The second-order valence-corrected chi connectivity index (χ2v) is 5.22. The second kappa shape index (κ2) is 10.1. The van der Waals surface area contributed by atoms with Gasteiger partial charge in [0.25, 0.3) is 0 Å². The maximum absolute atomic E-state index is 8.63. The van der Waals surface area contributed by atoms with Crippen molar-refractivity contribution in [3.8, 4) is 0 Å². The lowest BCUT2D eigenvalue weighted by Crippen LogP contribution is -2.31. The van der Waals surface area contributed by atoms with E-state index in [0.29, 0.717) is 12.0 Å². The number of hydrogen-bond donors (Lipinski definition) is 2. The average Bonchev–Trinajstić information content (AvgIpc) is 2.25. The summed E-state index contributed by atoms with van der Waals surface area (Å²) in [5, 5.41) is 12.1. The van der Waals surface area contributed by atoms with Crippen molar-refractivity contribution in [3.63, 3.8) is 0 Å². The van der Waals surface area contributed by atoms with E-state index >= 15 is 0 Å². The summed E-state index contributed by atoms with van der Waals surface area (Å²) in [4.78, 5) is 0. The van der Waals surface area contributed by atoms with Gasteiger partial charge in [-0.05, 0) is 31.2 Å². The molecule has 0 saturated carbocycles. The molecule has 0 bridgehead atoms. The lowest BCUT2D eigenvalue weighted by molar-refractivity contribution is 0.151. The van der Waals surface area contributed by atoms with Gasteiger partial charge < -0.3 is 15.2 Å². The fourth-order valence-corrected chi connectivity index (χ4v) is 1.61. The molecule has 0 aromatic rings. The van der Waals surface area contributed by atoms with Crippen LogP contribution in [0.5, 0.6) is 0 Å². The van der Waals surface area contributed by atoms with Crippen LogP contribution in [0, 0.1) is 5.41 Å². The van der Waals surface area contributed by atoms with Gasteiger partial charge in [-0.15, -0.1) is 0 Å². The van der Waals surface area contributed by atoms with Crippen molar-refractivity contribution >= 4 is 0 Å². The Balaban J connectivity index is 3.29. The van der Waals surface area contributed by atoms with Gasteiger partial charge in [-0.25, -0.2) is 0 Å². The lowest BCUT2D eigenvalue weighted by atomic mass is 9.90. The fourth-order valence-electron chi connectivity index (χ4n) is 1.61. The van der Waals surface area contributed by atoms with Crippen LogP contribution in [0.4, 0.5) is 0 Å². The molecule has 0 radical (unpaired) electrons. The Bertz CT molecular complexity index is 149. The summed E-state index contributed by atoms with van der Waals surface area (Å²) in [6, 6.07) is 0. The standard InChI is InChI=1S/C13H29NO2/c1-13(2,8-11-16-3)12-14-9-6-4-5-7-10-15/h14-15H,4-12H2,1-3H3. The quantitative estimate of drug-likeness (QED) is 0.536. The fraction of sp³-hybridized carbons (Fsp3) is 1.00. The summed E-state index contributed by atoms with van der Waals surface area (Å²) in [7, 11) is 1.75. The molecule has 0 fully saturated rings. The Morgan fingerprint density at radius 3 is 2.44 bits per heavy atom. The number of methoxy groups -OCH3 is 1. The summed E-state index contributed by atoms with van der Waals surface area (Å²) < 4.78 is 5.10. The molecule has 0 atom stereocenters. The molecule has 98 valence electrons. The van der Waals surface area contributed by atoms with Gasteiger partial charge in [-0.2, -0.15) is 0 Å². The molecule has 0 aliphatic heterocycles. The molecule has 0 aromatic carbocycles. The third kappa shape index (κ3) is 10.4. The van der Waals surface area contributed by atoms with Gasteiger partial charge in [0.05, 0.1) is 0 Å². The molecule has 3 nitrogen and oxygen atoms in total. The van der Waals surface area contributed by atoms with Gasteiger partial charge in [0.2, 0.25) is 0 Å². The third-order valence-electron chi connectivity index (χ3n) is 2.85. The van der Waals surface area contributed by atoms with Gasteiger partial charge in [-0.3, -0.25) is 0 Å². The minimum atomic E-state index is 0.321. The minimum Gasteiger partial charge on any atom is -0.396 e. The maximum atomic E-state index is 8.63. The molecule has 0 aliphatic rings. The van der Waals surface area contributed by atoms with Crippen LogP contribution < -0.4 is 5.32 Å². The first-order valence-electron chi connectivity index (χ1n) is 6.43. The Labute approximate surface area is 101 Å². The van der Waals surface area contributed by atoms with Crippen molar-refractivity contribution in [1.82, 2.24) is 5.32 Å². The first-order chi connectivity index (χ1) is 7.62. The van der Waals surface area contributed by atoms with E-state index in [1.165, 1.54) is 12.8 Å². The summed E-state index contributed by atoms with van der Waals surface area (Å²) in [5.74, 6) is 0. The predicted molar refractivity (Wildman–Crippen MR) is 68.7 cm³/mol. The first kappa shape index (κ1) is 15.9. The van der Waals surface area contributed by atoms with Crippen molar-refractivity contribution < 1.29 is 9.84 Å². The summed E-state index contributed by atoms with van der Waals surface area (Å²) >= 11 is 0. The van der Waals surface area contributed by atoms with Gasteiger partial charge >= 0.3 is 0 Å². The minimum absolute atomic E-state index is 0.321. The van der Waals surface area contributed by atoms with Crippen LogP contribution in [-0.2, 0) is 4.74 Å². The van der Waals surface area contributed by atoms with Gasteiger partial charge in [0.15, 0.2) is 0 Å². The molecule has 0 aliphatic carbocycles. The average molecular weight is 231 g/mol. The number of ether oxygens (including phenoxy) is 1. The zero-order valence-electron chi connectivity index (χ0n) is 11.2. The summed E-state index contributed by atoms with van der Waals surface area (Å²) in [6.07, 6.45) is 5.61. The van der Waals surface area contributed by atoms with Crippen LogP contribution in [-0.4, -0.2) is 38.5 Å². The topological polar surface area (TPSA) is 41.5 Å². The van der Waals surface area contributed by atoms with E-state index in [4.69, 9.17) is 9.84 Å². The monoisotopic (exact) mass is 231 g/mol. The number of aliphatic hydroxyl groups excluding tert-OH is 1. The highest BCUT2D eigenvalue weighted by Gasteiger charge is 2.16. The Kier molecular flexibility index (Phi) is 9.99. The molecule has 16 heavy (non-hydrogen) atoms. The van der Waals surface area contributed by atoms with E-state index in [0.717, 1.165) is 39.0 Å². The molecule has 0 spiro atoms. The highest BCUT2D eigenvalue weighted by atomic mass is 16.5. The van der Waals surface area contributed by atoms with Gasteiger partial charge in [0, 0.05) is 26.9 Å². The zero-order valence-corrected chi connectivity index (χ0v) is 11.2. The molecule has 0 rings (SSSR count). The van der Waals surface area contributed by atoms with Gasteiger partial charge in [0.1, 0.15) is 0 Å². The van der Waals surface area contributed by atoms with Crippen LogP contribution >= 0.6 is 0 Å². The molecular weight excluding hydrogens is 202 g/mol. The highest BCUT2D eigenvalue weighted by molar-refractivity contribution is 4.71. The Morgan fingerprint density at radius 1 is 1.12 bits per heavy atom. The summed E-state index contributed by atoms with van der Waals surface area (Å²) in [5.41, 5.74) is 0.321. The van der Waals surface area contributed by atoms with Crippen LogP contribution in [0.3, 0.4) is 0 Å². The van der Waals surface area contributed by atoms with E-state index in [9.17, 15) is 0 Å². The smallest absolute Gasteiger partial charge is 0.0467 e. The highest BCUT2D eigenvalue weighted by Crippen LogP contribution is 2.18. The first-order valence-corrected chi connectivity index (χ1v) is 6.43. The molecule has 0 heterocycles. The number of unbranched alkanes of at least 4 members (excludes halogenated alkanes) is 3. The Morgan fingerprint density at radius 2 is 1.81 bits per heavy atom. The van der Waals surface area contributed by atoms with E-state index in [2.05, 4.69) is 19.2 Å². The van der Waals surface area contributed by atoms with E-state index in [1.807, 2.05) is 0 Å². The SMILES string of the molecule is COCCC(C)(C)CNCCCCCCO. The van der Waals surface area contributed by atoms with Crippen molar-refractivity contribution in [2.24, 2.45) is 5.41 Å². The molecule has 3 heteroatoms. The van der Waals surface area contributed by atoms with E-state index in [-0.39, 0.29) is 0 Å². The van der Waals surface area contributed by atoms with Crippen LogP contribution in [0.1, 0.15) is 46.0 Å². The molecule has 0 amide bonds. The van der Waals surface area contributed by atoms with Gasteiger partial charge in [-0.1, -0.05) is 26.7 Å². The lowest BCUT2D eigenvalue weighted by Gasteiger charge is -2.24. The second-order valence-electron chi connectivity index (χ2n) is 5.22. The van der Waals surface area contributed by atoms with Crippen molar-refractivity contribution in [2.45, 2.75) is 46.0 Å². The normalized spacial score (nSPS) is 12.0. The van der Waals surface area contributed by atoms with Crippen molar-refractivity contribution in [1.29, 1.82) is 0 Å². The number of aliphatic hydroxyl groups is 1. The van der Waals surface area contributed by atoms with E-state index in [1.54, 1.807) is 7.11 Å². The zero-order chi connectivity index (χ0) is 12.3. The summed E-state index contributed by atoms with van der Waals surface area (Å²) in [6.45, 7) is 7.84. The van der Waals surface area contributed by atoms with Crippen molar-refractivity contribution in [2.75, 3.05) is 33.4 Å². The largest absolute Gasteiger partial charge is 0.396 e. The van der Waals surface area contributed by atoms with Crippen LogP contribution in [0.25, 0.3) is 0 Å². The van der Waals surface area contributed by atoms with Crippen LogP contribution in [0.15, 0.2) is 0 Å². The Hall–Kier alpha value is -0.120. The number of hydrogen-bond acceptors (Lipinski definition) is 3. The predicted octanol–water partition coefficient (Wildman–Crippen LogP) is 2.19. The van der Waals surface area contributed by atoms with E-state index < -0.39 is 0 Å². The number of rotatable bonds is 11.